The summed E-state index contributed by atoms with van der Waals surface area (Å²) in [7, 11) is 0. The van der Waals surface area contributed by atoms with E-state index in [9.17, 15) is 18.4 Å². The number of amides is 2. The molecule has 148 valence electrons. The minimum Gasteiger partial charge on any atom is -0.352 e. The fraction of sp³-hybridized carbons (Fsp3) is 0.364. The van der Waals surface area contributed by atoms with Crippen molar-refractivity contribution in [3.05, 3.63) is 70.8 Å². The summed E-state index contributed by atoms with van der Waals surface area (Å²) in [6.45, 7) is 2.27. The molecule has 2 aromatic rings. The highest BCUT2D eigenvalue weighted by atomic mass is 19.1. The Morgan fingerprint density at radius 1 is 1.11 bits per heavy atom. The molecule has 0 saturated heterocycles. The molecule has 1 saturated carbocycles. The van der Waals surface area contributed by atoms with Crippen molar-refractivity contribution >= 4 is 11.8 Å². The fourth-order valence-electron chi connectivity index (χ4n) is 3.14. The van der Waals surface area contributed by atoms with E-state index >= 15 is 0 Å². The Morgan fingerprint density at radius 3 is 2.46 bits per heavy atom. The van der Waals surface area contributed by atoms with Gasteiger partial charge in [-0.05, 0) is 49.8 Å². The molecule has 3 rings (SSSR count). The number of halogens is 2. The van der Waals surface area contributed by atoms with Crippen molar-refractivity contribution in [1.29, 1.82) is 0 Å². The van der Waals surface area contributed by atoms with Crippen molar-refractivity contribution in [2.75, 3.05) is 6.54 Å². The van der Waals surface area contributed by atoms with E-state index in [1.54, 1.807) is 0 Å². The SMILES string of the molecule is Cc1ccc(C(NC(=O)CCCNC(=O)c2ccc(F)cc2F)C2CC2)cc1. The lowest BCUT2D eigenvalue weighted by molar-refractivity contribution is -0.122. The number of nitrogens with one attached hydrogen (secondary N) is 2. The first-order valence-electron chi connectivity index (χ1n) is 9.53. The maximum absolute atomic E-state index is 13.6. The molecule has 2 N–H and O–H groups in total. The molecule has 0 radical (unpaired) electrons. The van der Waals surface area contributed by atoms with E-state index in [2.05, 4.69) is 22.8 Å². The van der Waals surface area contributed by atoms with Crippen molar-refractivity contribution in [2.45, 2.75) is 38.6 Å². The number of benzene rings is 2. The second-order valence-electron chi connectivity index (χ2n) is 7.28. The largest absolute Gasteiger partial charge is 0.352 e. The van der Waals surface area contributed by atoms with Gasteiger partial charge in [0.25, 0.3) is 5.91 Å². The van der Waals surface area contributed by atoms with E-state index in [-0.39, 0.29) is 30.5 Å². The molecule has 1 fully saturated rings. The van der Waals surface area contributed by atoms with Gasteiger partial charge < -0.3 is 10.6 Å². The number of carbonyl (C=O) groups is 2. The summed E-state index contributed by atoms with van der Waals surface area (Å²) in [4.78, 5) is 24.2. The molecule has 0 aliphatic heterocycles. The average molecular weight is 386 g/mol. The van der Waals surface area contributed by atoms with Crippen LogP contribution in [0.25, 0.3) is 0 Å². The molecular formula is C22H24F2N2O2. The molecule has 1 unspecified atom stereocenters. The Labute approximate surface area is 163 Å². The smallest absolute Gasteiger partial charge is 0.254 e. The number of rotatable bonds is 8. The van der Waals surface area contributed by atoms with Crippen molar-refractivity contribution in [2.24, 2.45) is 5.92 Å². The van der Waals surface area contributed by atoms with Gasteiger partial charge >= 0.3 is 0 Å². The molecule has 4 nitrogen and oxygen atoms in total. The summed E-state index contributed by atoms with van der Waals surface area (Å²) in [5, 5.41) is 5.66. The molecule has 1 aliphatic rings. The van der Waals surface area contributed by atoms with Crippen molar-refractivity contribution < 1.29 is 18.4 Å². The van der Waals surface area contributed by atoms with E-state index in [4.69, 9.17) is 0 Å². The molecule has 28 heavy (non-hydrogen) atoms. The molecule has 0 aromatic heterocycles. The van der Waals surface area contributed by atoms with Gasteiger partial charge in [-0.3, -0.25) is 9.59 Å². The van der Waals surface area contributed by atoms with Gasteiger partial charge in [-0.2, -0.15) is 0 Å². The van der Waals surface area contributed by atoms with E-state index in [0.29, 0.717) is 18.4 Å². The van der Waals surface area contributed by atoms with Crippen LogP contribution >= 0.6 is 0 Å². The van der Waals surface area contributed by atoms with E-state index in [0.717, 1.165) is 30.5 Å². The summed E-state index contributed by atoms with van der Waals surface area (Å²) >= 11 is 0. The number of hydrogen-bond acceptors (Lipinski definition) is 2. The zero-order valence-electron chi connectivity index (χ0n) is 15.8. The quantitative estimate of drug-likeness (QED) is 0.673. The van der Waals surface area contributed by atoms with E-state index in [1.165, 1.54) is 5.56 Å². The molecule has 2 aromatic carbocycles. The van der Waals surface area contributed by atoms with Crippen LogP contribution in [0.5, 0.6) is 0 Å². The van der Waals surface area contributed by atoms with Crippen molar-refractivity contribution in [3.63, 3.8) is 0 Å². The third-order valence-electron chi connectivity index (χ3n) is 4.89. The summed E-state index contributed by atoms with van der Waals surface area (Å²) in [5.74, 6) is -1.84. The van der Waals surface area contributed by atoms with Crippen LogP contribution in [-0.4, -0.2) is 18.4 Å². The Bertz CT molecular complexity index is 848. The van der Waals surface area contributed by atoms with Crippen molar-refractivity contribution in [1.82, 2.24) is 10.6 Å². The van der Waals surface area contributed by atoms with Gasteiger partial charge in [-0.25, -0.2) is 8.78 Å². The van der Waals surface area contributed by atoms with Crippen LogP contribution in [-0.2, 0) is 4.79 Å². The van der Waals surface area contributed by atoms with Crippen LogP contribution in [0.4, 0.5) is 8.78 Å². The van der Waals surface area contributed by atoms with Crippen molar-refractivity contribution in [3.8, 4) is 0 Å². The Morgan fingerprint density at radius 2 is 1.82 bits per heavy atom. The van der Waals surface area contributed by atoms with Gasteiger partial charge in [0.05, 0.1) is 11.6 Å². The Hall–Kier alpha value is -2.76. The lowest BCUT2D eigenvalue weighted by Gasteiger charge is -2.19. The van der Waals surface area contributed by atoms with Gasteiger partial charge in [0.15, 0.2) is 0 Å². The zero-order valence-corrected chi connectivity index (χ0v) is 15.8. The molecule has 6 heteroatoms. The number of carbonyl (C=O) groups excluding carboxylic acids is 2. The van der Waals surface area contributed by atoms with Gasteiger partial charge in [-0.1, -0.05) is 29.8 Å². The standard InChI is InChI=1S/C22H24F2N2O2/c1-14-4-6-15(7-5-14)21(16-8-9-16)26-20(27)3-2-12-25-22(28)18-11-10-17(23)13-19(18)24/h4-7,10-11,13,16,21H,2-3,8-9,12H2,1H3,(H,25,28)(H,26,27). The third-order valence-corrected chi connectivity index (χ3v) is 4.89. The Kier molecular flexibility index (Phi) is 6.39. The van der Waals surface area contributed by atoms with Crippen LogP contribution in [0.1, 0.15) is 53.2 Å². The summed E-state index contributed by atoms with van der Waals surface area (Å²) in [6.07, 6.45) is 2.92. The average Bonchev–Trinajstić information content (AvgIpc) is 3.49. The molecule has 0 heterocycles. The minimum absolute atomic E-state index is 0.0241. The minimum atomic E-state index is -0.902. The maximum Gasteiger partial charge on any atom is 0.254 e. The summed E-state index contributed by atoms with van der Waals surface area (Å²) in [5.41, 5.74) is 2.08. The van der Waals surface area contributed by atoms with Gasteiger partial charge in [-0.15, -0.1) is 0 Å². The summed E-state index contributed by atoms with van der Waals surface area (Å²) < 4.78 is 26.5. The number of hydrogen-bond donors (Lipinski definition) is 2. The lowest BCUT2D eigenvalue weighted by Crippen LogP contribution is -2.31. The third kappa shape index (κ3) is 5.38. The van der Waals surface area contributed by atoms with Crippen LogP contribution in [0.2, 0.25) is 0 Å². The second-order valence-corrected chi connectivity index (χ2v) is 7.28. The van der Waals surface area contributed by atoms with Crippen LogP contribution < -0.4 is 10.6 Å². The van der Waals surface area contributed by atoms with Crippen LogP contribution in [0.3, 0.4) is 0 Å². The molecule has 1 aliphatic carbocycles. The van der Waals surface area contributed by atoms with Gasteiger partial charge in [0.2, 0.25) is 5.91 Å². The Balaban J connectivity index is 1.44. The van der Waals surface area contributed by atoms with Crippen LogP contribution in [0.15, 0.2) is 42.5 Å². The maximum atomic E-state index is 13.6. The van der Waals surface area contributed by atoms with E-state index in [1.807, 2.05) is 19.1 Å². The monoisotopic (exact) mass is 386 g/mol. The molecule has 1 atom stereocenters. The lowest BCUT2D eigenvalue weighted by atomic mass is 10.0. The fourth-order valence-corrected chi connectivity index (χ4v) is 3.14. The molecule has 0 spiro atoms. The van der Waals surface area contributed by atoms with Gasteiger partial charge in [0.1, 0.15) is 11.6 Å². The topological polar surface area (TPSA) is 58.2 Å². The number of aryl methyl sites for hydroxylation is 1. The normalized spacial score (nSPS) is 14.4. The summed E-state index contributed by atoms with van der Waals surface area (Å²) in [6, 6.07) is 11.0. The highest BCUT2D eigenvalue weighted by molar-refractivity contribution is 5.94. The highest BCUT2D eigenvalue weighted by Gasteiger charge is 2.33. The first-order chi connectivity index (χ1) is 13.4. The first kappa shape index (κ1) is 20.0. The molecular weight excluding hydrogens is 362 g/mol. The molecule has 2 amide bonds. The molecule has 0 bridgehead atoms. The highest BCUT2D eigenvalue weighted by Crippen LogP contribution is 2.41. The van der Waals surface area contributed by atoms with E-state index < -0.39 is 17.5 Å². The predicted molar refractivity (Wildman–Crippen MR) is 103 cm³/mol. The predicted octanol–water partition coefficient (Wildman–Crippen LogP) is 4.05. The first-order valence-corrected chi connectivity index (χ1v) is 9.53. The van der Waals surface area contributed by atoms with Gasteiger partial charge in [0, 0.05) is 19.0 Å². The second kappa shape index (κ2) is 8.95. The zero-order chi connectivity index (χ0) is 20.1. The van der Waals surface area contributed by atoms with Crippen LogP contribution in [0, 0.1) is 24.5 Å².